The molecule has 5 nitrogen and oxygen atoms in total. The minimum atomic E-state index is -3.38. The number of hydrogen-bond donors (Lipinski definition) is 1. The Morgan fingerprint density at radius 1 is 1.33 bits per heavy atom. The van der Waals surface area contributed by atoms with Crippen LogP contribution in [-0.4, -0.2) is 41.0 Å². The van der Waals surface area contributed by atoms with Crippen LogP contribution in [0.2, 0.25) is 0 Å². The van der Waals surface area contributed by atoms with E-state index in [0.717, 1.165) is 17.1 Å². The van der Waals surface area contributed by atoms with Crippen LogP contribution in [0.1, 0.15) is 12.0 Å². The van der Waals surface area contributed by atoms with Gasteiger partial charge < -0.3 is 4.98 Å². The zero-order valence-electron chi connectivity index (χ0n) is 11.7. The molecule has 1 aromatic carbocycles. The molecule has 112 valence electrons. The normalized spacial score (nSPS) is 20.0. The van der Waals surface area contributed by atoms with Crippen LogP contribution in [0.5, 0.6) is 0 Å². The van der Waals surface area contributed by atoms with E-state index in [2.05, 4.69) is 9.97 Å². The Labute approximate surface area is 128 Å². The molecule has 1 aromatic heterocycles. The summed E-state index contributed by atoms with van der Waals surface area (Å²) in [6.45, 7) is 3.04. The molecule has 1 atom stereocenters. The van der Waals surface area contributed by atoms with E-state index in [1.165, 1.54) is 0 Å². The van der Waals surface area contributed by atoms with Gasteiger partial charge in [-0.15, -0.1) is 0 Å². The van der Waals surface area contributed by atoms with Gasteiger partial charge in [0.15, 0.2) is 5.16 Å². The molecule has 21 heavy (non-hydrogen) atoms. The van der Waals surface area contributed by atoms with Crippen LogP contribution >= 0.6 is 11.8 Å². The number of aromatic amines is 1. The summed E-state index contributed by atoms with van der Waals surface area (Å²) in [5, 5.41) is 1.09. The van der Waals surface area contributed by atoms with Gasteiger partial charge in [-0.05, 0) is 25.5 Å². The van der Waals surface area contributed by atoms with E-state index in [1.54, 1.807) is 40.6 Å². The van der Waals surface area contributed by atoms with Gasteiger partial charge in [0.05, 0.1) is 4.90 Å². The molecule has 0 unspecified atom stereocenters. The molecule has 2 aromatic rings. The van der Waals surface area contributed by atoms with Crippen LogP contribution in [0.15, 0.2) is 46.7 Å². The highest BCUT2D eigenvalue weighted by Gasteiger charge is 2.33. The molecule has 0 bridgehead atoms. The first-order chi connectivity index (χ1) is 10.1. The number of thioether (sulfide) groups is 1. The quantitative estimate of drug-likeness (QED) is 0.937. The van der Waals surface area contributed by atoms with Crippen LogP contribution in [0.25, 0.3) is 0 Å². The number of H-pyrrole nitrogens is 1. The van der Waals surface area contributed by atoms with Crippen LogP contribution in [0.3, 0.4) is 0 Å². The maximum absolute atomic E-state index is 12.6. The average molecular weight is 323 g/mol. The summed E-state index contributed by atoms with van der Waals surface area (Å²) in [4.78, 5) is 7.59. The average Bonchev–Trinajstić information content (AvgIpc) is 3.11. The second-order valence-corrected chi connectivity index (χ2v) is 8.33. The fourth-order valence-corrected chi connectivity index (χ4v) is 4.99. The molecule has 1 aliphatic heterocycles. The zero-order valence-corrected chi connectivity index (χ0v) is 13.3. The number of nitrogens with one attached hydrogen (secondary N) is 1. The van der Waals surface area contributed by atoms with Crippen molar-refractivity contribution >= 4 is 21.8 Å². The smallest absolute Gasteiger partial charge is 0.243 e. The van der Waals surface area contributed by atoms with Crippen molar-refractivity contribution in [3.63, 3.8) is 0 Å². The number of sulfonamides is 1. The predicted molar refractivity (Wildman–Crippen MR) is 82.8 cm³/mol. The number of nitrogens with zero attached hydrogens (tertiary/aromatic N) is 2. The third-order valence-electron chi connectivity index (χ3n) is 3.52. The lowest BCUT2D eigenvalue weighted by Gasteiger charge is -2.16. The molecule has 0 spiro atoms. The second kappa shape index (κ2) is 5.82. The number of aryl methyl sites for hydroxylation is 1. The Morgan fingerprint density at radius 3 is 2.76 bits per heavy atom. The summed E-state index contributed by atoms with van der Waals surface area (Å²) in [6, 6.07) is 7.02. The topological polar surface area (TPSA) is 66.1 Å². The Bertz CT molecular complexity index is 696. The SMILES string of the molecule is Cc1ccc(S(=O)(=O)N2CC[C@@H](Sc3ncc[nH]3)C2)cc1. The fourth-order valence-electron chi connectivity index (χ4n) is 2.34. The first-order valence-electron chi connectivity index (χ1n) is 6.78. The third kappa shape index (κ3) is 3.14. The van der Waals surface area contributed by atoms with Crippen molar-refractivity contribution in [1.82, 2.24) is 14.3 Å². The molecule has 7 heteroatoms. The Hall–Kier alpha value is -1.31. The van der Waals surface area contributed by atoms with Gasteiger partial charge in [-0.2, -0.15) is 4.31 Å². The van der Waals surface area contributed by atoms with E-state index in [-0.39, 0.29) is 5.25 Å². The monoisotopic (exact) mass is 323 g/mol. The van der Waals surface area contributed by atoms with Crippen molar-refractivity contribution in [3.05, 3.63) is 42.2 Å². The van der Waals surface area contributed by atoms with Crippen molar-refractivity contribution < 1.29 is 8.42 Å². The van der Waals surface area contributed by atoms with Crippen molar-refractivity contribution in [2.24, 2.45) is 0 Å². The lowest BCUT2D eigenvalue weighted by Crippen LogP contribution is -2.29. The van der Waals surface area contributed by atoms with Gasteiger partial charge in [0.25, 0.3) is 0 Å². The minimum absolute atomic E-state index is 0.247. The van der Waals surface area contributed by atoms with Crippen molar-refractivity contribution in [3.8, 4) is 0 Å². The predicted octanol–water partition coefficient (Wildman–Crippen LogP) is 2.27. The van der Waals surface area contributed by atoms with E-state index in [4.69, 9.17) is 0 Å². The number of hydrogen-bond acceptors (Lipinski definition) is 4. The lowest BCUT2D eigenvalue weighted by molar-refractivity contribution is 0.478. The fraction of sp³-hybridized carbons (Fsp3) is 0.357. The summed E-state index contributed by atoms with van der Waals surface area (Å²) < 4.78 is 26.7. The van der Waals surface area contributed by atoms with Crippen LogP contribution < -0.4 is 0 Å². The van der Waals surface area contributed by atoms with Gasteiger partial charge in [-0.3, -0.25) is 0 Å². The van der Waals surface area contributed by atoms with Gasteiger partial charge in [0.1, 0.15) is 0 Å². The molecule has 0 radical (unpaired) electrons. The Balaban J connectivity index is 1.71. The molecule has 3 rings (SSSR count). The molecule has 1 saturated heterocycles. The molecule has 0 saturated carbocycles. The van der Waals surface area contributed by atoms with Crippen molar-refractivity contribution in [1.29, 1.82) is 0 Å². The van der Waals surface area contributed by atoms with Gasteiger partial charge in [0, 0.05) is 30.7 Å². The van der Waals surface area contributed by atoms with E-state index in [1.807, 2.05) is 19.1 Å². The number of imidazole rings is 1. The number of aromatic nitrogens is 2. The molecule has 1 fully saturated rings. The van der Waals surface area contributed by atoms with Crippen LogP contribution in [0, 0.1) is 6.92 Å². The summed E-state index contributed by atoms with van der Waals surface area (Å²) in [6.07, 6.45) is 4.33. The second-order valence-electron chi connectivity index (χ2n) is 5.10. The highest BCUT2D eigenvalue weighted by molar-refractivity contribution is 7.99. The van der Waals surface area contributed by atoms with E-state index >= 15 is 0 Å². The van der Waals surface area contributed by atoms with Crippen molar-refractivity contribution in [2.75, 3.05) is 13.1 Å². The maximum atomic E-state index is 12.6. The Kier molecular flexibility index (Phi) is 4.05. The summed E-state index contributed by atoms with van der Waals surface area (Å²) in [5.41, 5.74) is 1.06. The first-order valence-corrected chi connectivity index (χ1v) is 9.10. The number of benzene rings is 1. The molecule has 1 aliphatic rings. The molecular formula is C14H17N3O2S2. The highest BCUT2D eigenvalue weighted by Crippen LogP contribution is 2.30. The zero-order chi connectivity index (χ0) is 14.9. The first kappa shape index (κ1) is 14.6. The van der Waals surface area contributed by atoms with E-state index in [0.29, 0.717) is 18.0 Å². The van der Waals surface area contributed by atoms with Gasteiger partial charge in [0.2, 0.25) is 10.0 Å². The standard InChI is InChI=1S/C14H17N3O2S2/c1-11-2-4-13(5-3-11)21(18,19)17-9-6-12(10-17)20-14-15-7-8-16-14/h2-5,7-8,12H,6,9-10H2,1H3,(H,15,16)/t12-/m1/s1. The maximum Gasteiger partial charge on any atom is 0.243 e. The van der Waals surface area contributed by atoms with Crippen molar-refractivity contribution in [2.45, 2.75) is 28.6 Å². The van der Waals surface area contributed by atoms with Crippen LogP contribution in [0.4, 0.5) is 0 Å². The molecule has 0 amide bonds. The van der Waals surface area contributed by atoms with Crippen LogP contribution in [-0.2, 0) is 10.0 Å². The highest BCUT2D eigenvalue weighted by atomic mass is 32.2. The van der Waals surface area contributed by atoms with Gasteiger partial charge >= 0.3 is 0 Å². The third-order valence-corrected chi connectivity index (χ3v) is 6.56. The number of rotatable bonds is 4. The lowest BCUT2D eigenvalue weighted by atomic mass is 10.2. The summed E-state index contributed by atoms with van der Waals surface area (Å²) in [7, 11) is -3.38. The van der Waals surface area contributed by atoms with Gasteiger partial charge in [-0.25, -0.2) is 13.4 Å². The van der Waals surface area contributed by atoms with E-state index < -0.39 is 10.0 Å². The minimum Gasteiger partial charge on any atom is -0.340 e. The Morgan fingerprint density at radius 2 is 2.10 bits per heavy atom. The molecule has 0 aliphatic carbocycles. The molecular weight excluding hydrogens is 306 g/mol. The van der Waals surface area contributed by atoms with E-state index in [9.17, 15) is 8.42 Å². The molecule has 1 N–H and O–H groups in total. The largest absolute Gasteiger partial charge is 0.340 e. The molecule has 2 heterocycles. The summed E-state index contributed by atoms with van der Waals surface area (Å²) >= 11 is 1.60. The summed E-state index contributed by atoms with van der Waals surface area (Å²) in [5.74, 6) is 0. The van der Waals surface area contributed by atoms with Gasteiger partial charge in [-0.1, -0.05) is 29.5 Å².